The fourth-order valence-corrected chi connectivity index (χ4v) is 2.65. The maximum atomic E-state index is 6.03. The Balaban J connectivity index is 4.37. The van der Waals surface area contributed by atoms with Gasteiger partial charge in [0.15, 0.2) is 0 Å². The molecule has 0 aliphatic heterocycles. The van der Waals surface area contributed by atoms with Crippen LogP contribution in [0.3, 0.4) is 0 Å². The van der Waals surface area contributed by atoms with Gasteiger partial charge in [-0.1, -0.05) is 52.4 Å². The minimum absolute atomic E-state index is 0.0927. The first-order valence-electron chi connectivity index (χ1n) is 8.98. The highest BCUT2D eigenvalue weighted by Gasteiger charge is 2.40. The average Bonchev–Trinajstić information content (AvgIpc) is 2.42. The highest BCUT2D eigenvalue weighted by molar-refractivity contribution is 4.69. The molecule has 3 nitrogen and oxygen atoms in total. The average molecular weight is 302 g/mol. The van der Waals surface area contributed by atoms with E-state index in [1.807, 2.05) is 27.7 Å². The third-order valence-corrected chi connectivity index (χ3v) is 3.69. The van der Waals surface area contributed by atoms with E-state index in [1.165, 1.54) is 38.5 Å². The van der Waals surface area contributed by atoms with Gasteiger partial charge in [-0.05, 0) is 34.1 Å². The van der Waals surface area contributed by atoms with Gasteiger partial charge in [0.05, 0.1) is 6.10 Å². The summed E-state index contributed by atoms with van der Waals surface area (Å²) in [7, 11) is 0. The van der Waals surface area contributed by atoms with Crippen LogP contribution < -0.4 is 0 Å². The second-order valence-corrected chi connectivity index (χ2v) is 6.09. The Bertz CT molecular complexity index is 223. The second kappa shape index (κ2) is 12.4. The SMILES string of the molecule is CCCCCCCCC(C)C(OCC)(OCC)OC(C)C. The van der Waals surface area contributed by atoms with Crippen LogP contribution in [0.2, 0.25) is 0 Å². The summed E-state index contributed by atoms with van der Waals surface area (Å²) in [5, 5.41) is 0. The Hall–Kier alpha value is -0.120. The summed E-state index contributed by atoms with van der Waals surface area (Å²) < 4.78 is 17.8. The highest BCUT2D eigenvalue weighted by atomic mass is 16.9. The van der Waals surface area contributed by atoms with Gasteiger partial charge in [-0.15, -0.1) is 0 Å². The lowest BCUT2D eigenvalue weighted by Gasteiger charge is -2.39. The molecule has 0 fully saturated rings. The van der Waals surface area contributed by atoms with Crippen molar-refractivity contribution in [2.75, 3.05) is 13.2 Å². The zero-order valence-corrected chi connectivity index (χ0v) is 15.2. The van der Waals surface area contributed by atoms with Crippen molar-refractivity contribution in [1.29, 1.82) is 0 Å². The van der Waals surface area contributed by atoms with Gasteiger partial charge in [0.1, 0.15) is 0 Å². The maximum Gasteiger partial charge on any atom is 0.285 e. The van der Waals surface area contributed by atoms with Crippen LogP contribution in [0.25, 0.3) is 0 Å². The van der Waals surface area contributed by atoms with E-state index in [0.29, 0.717) is 13.2 Å². The van der Waals surface area contributed by atoms with E-state index < -0.39 is 5.97 Å². The molecule has 0 saturated carbocycles. The Kier molecular flexibility index (Phi) is 12.4. The van der Waals surface area contributed by atoms with Gasteiger partial charge in [0.25, 0.3) is 5.97 Å². The van der Waals surface area contributed by atoms with Crippen LogP contribution in [0.4, 0.5) is 0 Å². The first kappa shape index (κ1) is 20.9. The van der Waals surface area contributed by atoms with Crippen molar-refractivity contribution in [2.24, 2.45) is 5.92 Å². The van der Waals surface area contributed by atoms with Crippen LogP contribution in [0.15, 0.2) is 0 Å². The molecular formula is C18H38O3. The summed E-state index contributed by atoms with van der Waals surface area (Å²) in [6, 6.07) is 0. The van der Waals surface area contributed by atoms with E-state index in [1.54, 1.807) is 0 Å². The van der Waals surface area contributed by atoms with Crippen LogP contribution in [0.5, 0.6) is 0 Å². The van der Waals surface area contributed by atoms with E-state index in [0.717, 1.165) is 6.42 Å². The predicted molar refractivity (Wildman–Crippen MR) is 89.4 cm³/mol. The van der Waals surface area contributed by atoms with Gasteiger partial charge < -0.3 is 14.2 Å². The largest absolute Gasteiger partial charge is 0.328 e. The monoisotopic (exact) mass is 302 g/mol. The summed E-state index contributed by atoms with van der Waals surface area (Å²) in [6.45, 7) is 13.7. The number of unbranched alkanes of at least 4 members (excludes halogenated alkanes) is 5. The van der Waals surface area contributed by atoms with Crippen molar-refractivity contribution in [3.63, 3.8) is 0 Å². The number of hydrogen-bond acceptors (Lipinski definition) is 3. The molecule has 0 bridgehead atoms. The van der Waals surface area contributed by atoms with E-state index in [4.69, 9.17) is 14.2 Å². The minimum Gasteiger partial charge on any atom is -0.328 e. The summed E-state index contributed by atoms with van der Waals surface area (Å²) in [5.74, 6) is -0.632. The van der Waals surface area contributed by atoms with Gasteiger partial charge in [0.2, 0.25) is 0 Å². The molecule has 0 radical (unpaired) electrons. The molecule has 0 rings (SSSR count). The van der Waals surface area contributed by atoms with E-state index in [2.05, 4.69) is 13.8 Å². The molecule has 0 aromatic carbocycles. The standard InChI is InChI=1S/C18H38O3/c1-7-10-11-12-13-14-15-17(6)18(19-8-2,20-9-3)21-16(4)5/h16-17H,7-15H2,1-6H3. The normalized spacial score (nSPS) is 13.9. The Labute approximate surface area is 132 Å². The summed E-state index contributed by atoms with van der Waals surface area (Å²) in [4.78, 5) is 0. The molecule has 0 heterocycles. The first-order valence-corrected chi connectivity index (χ1v) is 8.98. The third-order valence-electron chi connectivity index (χ3n) is 3.69. The molecule has 0 aliphatic carbocycles. The lowest BCUT2D eigenvalue weighted by atomic mass is 9.99. The Morgan fingerprint density at radius 3 is 1.76 bits per heavy atom. The number of rotatable bonds is 14. The quantitative estimate of drug-likeness (QED) is 0.312. The van der Waals surface area contributed by atoms with Crippen LogP contribution in [-0.4, -0.2) is 25.3 Å². The molecule has 0 aliphatic rings. The molecule has 0 aromatic heterocycles. The van der Waals surface area contributed by atoms with Crippen molar-refractivity contribution < 1.29 is 14.2 Å². The molecule has 1 unspecified atom stereocenters. The predicted octanol–water partition coefficient (Wildman–Crippen LogP) is 5.52. The zero-order chi connectivity index (χ0) is 16.1. The molecule has 1 atom stereocenters. The Morgan fingerprint density at radius 1 is 0.762 bits per heavy atom. The molecule has 0 N–H and O–H groups in total. The van der Waals surface area contributed by atoms with Crippen LogP contribution >= 0.6 is 0 Å². The van der Waals surface area contributed by atoms with Gasteiger partial charge in [-0.2, -0.15) is 0 Å². The van der Waals surface area contributed by atoms with Crippen LogP contribution in [-0.2, 0) is 14.2 Å². The third kappa shape index (κ3) is 8.80. The highest BCUT2D eigenvalue weighted by Crippen LogP contribution is 2.31. The molecule has 21 heavy (non-hydrogen) atoms. The van der Waals surface area contributed by atoms with Gasteiger partial charge >= 0.3 is 0 Å². The van der Waals surface area contributed by atoms with Crippen molar-refractivity contribution in [3.05, 3.63) is 0 Å². The van der Waals surface area contributed by atoms with Gasteiger partial charge in [-0.25, -0.2) is 0 Å². The van der Waals surface area contributed by atoms with Crippen LogP contribution in [0, 0.1) is 5.92 Å². The van der Waals surface area contributed by atoms with Crippen molar-refractivity contribution in [2.45, 2.75) is 98.6 Å². The van der Waals surface area contributed by atoms with E-state index in [-0.39, 0.29) is 12.0 Å². The molecule has 3 heteroatoms. The number of ether oxygens (including phenoxy) is 3. The lowest BCUT2D eigenvalue weighted by Crippen LogP contribution is -2.47. The molecule has 0 spiro atoms. The molecular weight excluding hydrogens is 264 g/mol. The molecule has 0 aromatic rings. The molecule has 128 valence electrons. The molecule has 0 amide bonds. The maximum absolute atomic E-state index is 6.03. The van der Waals surface area contributed by atoms with Crippen molar-refractivity contribution in [1.82, 2.24) is 0 Å². The second-order valence-electron chi connectivity index (χ2n) is 6.09. The van der Waals surface area contributed by atoms with Crippen molar-refractivity contribution >= 4 is 0 Å². The zero-order valence-electron chi connectivity index (χ0n) is 15.2. The van der Waals surface area contributed by atoms with Crippen LogP contribution in [0.1, 0.15) is 86.5 Å². The molecule has 0 saturated heterocycles. The first-order chi connectivity index (χ1) is 10.0. The van der Waals surface area contributed by atoms with E-state index >= 15 is 0 Å². The summed E-state index contributed by atoms with van der Waals surface area (Å²) in [5.41, 5.74) is 0. The number of hydrogen-bond donors (Lipinski definition) is 0. The lowest BCUT2D eigenvalue weighted by molar-refractivity contribution is -0.410. The topological polar surface area (TPSA) is 27.7 Å². The van der Waals surface area contributed by atoms with Gasteiger partial charge in [0, 0.05) is 19.1 Å². The fourth-order valence-electron chi connectivity index (χ4n) is 2.65. The Morgan fingerprint density at radius 2 is 1.29 bits per heavy atom. The summed E-state index contributed by atoms with van der Waals surface area (Å²) in [6.07, 6.45) is 9.03. The minimum atomic E-state index is -0.874. The smallest absolute Gasteiger partial charge is 0.285 e. The summed E-state index contributed by atoms with van der Waals surface area (Å²) >= 11 is 0. The fraction of sp³-hybridized carbons (Fsp3) is 1.00. The van der Waals surface area contributed by atoms with Crippen molar-refractivity contribution in [3.8, 4) is 0 Å². The van der Waals surface area contributed by atoms with Gasteiger partial charge in [-0.3, -0.25) is 0 Å². The van der Waals surface area contributed by atoms with E-state index in [9.17, 15) is 0 Å².